The summed E-state index contributed by atoms with van der Waals surface area (Å²) in [5.41, 5.74) is 1.45. The minimum absolute atomic E-state index is 0.0224. The first-order chi connectivity index (χ1) is 13.6. The van der Waals surface area contributed by atoms with Gasteiger partial charge < -0.3 is 19.5 Å². The summed E-state index contributed by atoms with van der Waals surface area (Å²) in [5.74, 6) is 2.14. The molecular weight excluding hydrogens is 398 g/mol. The van der Waals surface area contributed by atoms with Gasteiger partial charge in [-0.2, -0.15) is 0 Å². The van der Waals surface area contributed by atoms with Crippen LogP contribution >= 0.6 is 23.1 Å². The van der Waals surface area contributed by atoms with E-state index in [-0.39, 0.29) is 11.5 Å². The number of benzene rings is 2. The number of nitrogens with zero attached hydrogens (tertiary/aromatic N) is 2. The quantitative estimate of drug-likeness (QED) is 0.408. The minimum Gasteiger partial charge on any atom is -0.497 e. The number of ketones is 1. The van der Waals surface area contributed by atoms with Crippen LogP contribution in [0.3, 0.4) is 0 Å². The summed E-state index contributed by atoms with van der Waals surface area (Å²) in [4.78, 5) is 12.5. The second-order valence-electron chi connectivity index (χ2n) is 5.51. The third kappa shape index (κ3) is 4.93. The van der Waals surface area contributed by atoms with Crippen LogP contribution in [0.1, 0.15) is 10.4 Å². The lowest BCUT2D eigenvalue weighted by Gasteiger charge is -2.08. The topological polar surface area (TPSA) is 82.6 Å². The van der Waals surface area contributed by atoms with Gasteiger partial charge in [-0.25, -0.2) is 0 Å². The van der Waals surface area contributed by atoms with Crippen molar-refractivity contribution in [3.8, 4) is 17.2 Å². The first kappa shape index (κ1) is 20.0. The fraction of sp³-hybridized carbons (Fsp3) is 0.211. The first-order valence-corrected chi connectivity index (χ1v) is 10.1. The Morgan fingerprint density at radius 1 is 1.00 bits per heavy atom. The molecule has 0 fully saturated rings. The van der Waals surface area contributed by atoms with E-state index in [1.54, 1.807) is 39.5 Å². The number of methoxy groups -OCH3 is 3. The van der Waals surface area contributed by atoms with Gasteiger partial charge >= 0.3 is 0 Å². The van der Waals surface area contributed by atoms with Gasteiger partial charge in [0.25, 0.3) is 0 Å². The largest absolute Gasteiger partial charge is 0.497 e. The van der Waals surface area contributed by atoms with E-state index in [4.69, 9.17) is 14.2 Å². The van der Waals surface area contributed by atoms with Gasteiger partial charge in [-0.15, -0.1) is 10.2 Å². The molecule has 1 heterocycles. The van der Waals surface area contributed by atoms with E-state index in [9.17, 15) is 4.79 Å². The fourth-order valence-electron chi connectivity index (χ4n) is 2.34. The molecular formula is C19H19N3O4S2. The standard InChI is InChI=1S/C19H19N3O4S2/c1-24-14-7-5-13(6-8-14)20-18-21-22-19(28-18)27-11-15(23)12-4-9-16(25-2)17(10-12)26-3/h4-10H,11H2,1-3H3,(H,20,21). The van der Waals surface area contributed by atoms with Gasteiger partial charge in [0.1, 0.15) is 5.75 Å². The van der Waals surface area contributed by atoms with Crippen LogP contribution in [0.15, 0.2) is 46.8 Å². The van der Waals surface area contributed by atoms with Gasteiger partial charge in [0.2, 0.25) is 5.13 Å². The molecule has 0 atom stereocenters. The monoisotopic (exact) mass is 417 g/mol. The number of anilines is 2. The molecule has 0 saturated carbocycles. The van der Waals surface area contributed by atoms with E-state index in [1.807, 2.05) is 24.3 Å². The average Bonchev–Trinajstić information content (AvgIpc) is 3.19. The molecule has 1 aromatic heterocycles. The molecule has 7 nitrogen and oxygen atoms in total. The van der Waals surface area contributed by atoms with E-state index >= 15 is 0 Å². The lowest BCUT2D eigenvalue weighted by atomic mass is 10.1. The highest BCUT2D eigenvalue weighted by Crippen LogP contribution is 2.31. The van der Waals surface area contributed by atoms with E-state index < -0.39 is 0 Å². The van der Waals surface area contributed by atoms with Crippen molar-refractivity contribution >= 4 is 39.7 Å². The van der Waals surface area contributed by atoms with Gasteiger partial charge in [-0.3, -0.25) is 4.79 Å². The number of ether oxygens (including phenoxy) is 3. The number of Topliss-reactive ketones (excluding diaryl/α,β-unsaturated/α-hetero) is 1. The van der Waals surface area contributed by atoms with E-state index in [0.29, 0.717) is 26.5 Å². The van der Waals surface area contributed by atoms with Gasteiger partial charge in [-0.05, 0) is 42.5 Å². The smallest absolute Gasteiger partial charge is 0.210 e. The fourth-order valence-corrected chi connectivity index (χ4v) is 4.00. The maximum atomic E-state index is 12.5. The van der Waals surface area contributed by atoms with Crippen LogP contribution in [0.4, 0.5) is 10.8 Å². The van der Waals surface area contributed by atoms with Crippen molar-refractivity contribution in [2.45, 2.75) is 4.34 Å². The number of carbonyl (C=O) groups is 1. The molecule has 0 amide bonds. The number of nitrogens with one attached hydrogen (secondary N) is 1. The normalized spacial score (nSPS) is 10.4. The molecule has 0 aliphatic carbocycles. The number of hydrogen-bond donors (Lipinski definition) is 1. The Kier molecular flexibility index (Phi) is 6.72. The van der Waals surface area contributed by atoms with Crippen molar-refractivity contribution in [3.05, 3.63) is 48.0 Å². The number of hydrogen-bond acceptors (Lipinski definition) is 9. The van der Waals surface area contributed by atoms with Crippen molar-refractivity contribution in [3.63, 3.8) is 0 Å². The minimum atomic E-state index is -0.0224. The maximum Gasteiger partial charge on any atom is 0.210 e. The van der Waals surface area contributed by atoms with Gasteiger partial charge in [0, 0.05) is 11.3 Å². The number of rotatable bonds is 9. The molecule has 3 rings (SSSR count). The Labute approximate surface area is 171 Å². The van der Waals surface area contributed by atoms with E-state index in [1.165, 1.54) is 23.1 Å². The summed E-state index contributed by atoms with van der Waals surface area (Å²) in [6, 6.07) is 12.6. The lowest BCUT2D eigenvalue weighted by Crippen LogP contribution is -2.03. The van der Waals surface area contributed by atoms with Crippen LogP contribution < -0.4 is 19.5 Å². The number of aromatic nitrogens is 2. The molecule has 3 aromatic rings. The zero-order valence-corrected chi connectivity index (χ0v) is 17.2. The van der Waals surface area contributed by atoms with Crippen molar-refractivity contribution in [1.29, 1.82) is 0 Å². The van der Waals surface area contributed by atoms with Crippen LogP contribution in [0.5, 0.6) is 17.2 Å². The molecule has 0 saturated heterocycles. The molecule has 0 bridgehead atoms. The first-order valence-electron chi connectivity index (χ1n) is 8.25. The second-order valence-corrected chi connectivity index (χ2v) is 7.71. The van der Waals surface area contributed by atoms with Crippen LogP contribution in [0.25, 0.3) is 0 Å². The van der Waals surface area contributed by atoms with E-state index in [0.717, 1.165) is 11.4 Å². The van der Waals surface area contributed by atoms with Gasteiger partial charge in [0.15, 0.2) is 21.6 Å². The van der Waals surface area contributed by atoms with E-state index in [2.05, 4.69) is 15.5 Å². The van der Waals surface area contributed by atoms with Crippen molar-refractivity contribution in [1.82, 2.24) is 10.2 Å². The van der Waals surface area contributed by atoms with Crippen LogP contribution in [0, 0.1) is 0 Å². The Bertz CT molecular complexity index is 945. The molecule has 0 aliphatic rings. The summed E-state index contributed by atoms with van der Waals surface area (Å²) >= 11 is 2.74. The highest BCUT2D eigenvalue weighted by Gasteiger charge is 2.13. The molecule has 0 spiro atoms. The third-order valence-electron chi connectivity index (χ3n) is 3.78. The highest BCUT2D eigenvalue weighted by molar-refractivity contribution is 8.01. The zero-order valence-electron chi connectivity index (χ0n) is 15.6. The summed E-state index contributed by atoms with van der Waals surface area (Å²) in [5, 5.41) is 12.1. The van der Waals surface area contributed by atoms with Gasteiger partial charge in [-0.1, -0.05) is 23.1 Å². The number of carbonyl (C=O) groups excluding carboxylic acids is 1. The molecule has 146 valence electrons. The second kappa shape index (κ2) is 9.43. The van der Waals surface area contributed by atoms with Crippen molar-refractivity contribution in [2.75, 3.05) is 32.4 Å². The Hall–Kier alpha value is -2.78. The Morgan fingerprint density at radius 3 is 2.43 bits per heavy atom. The molecule has 0 aliphatic heterocycles. The van der Waals surface area contributed by atoms with Crippen LogP contribution in [-0.4, -0.2) is 43.1 Å². The molecule has 28 heavy (non-hydrogen) atoms. The van der Waals surface area contributed by atoms with Crippen molar-refractivity contribution < 1.29 is 19.0 Å². The summed E-state index contributed by atoms with van der Waals surface area (Å²) < 4.78 is 16.3. The number of thioether (sulfide) groups is 1. The Morgan fingerprint density at radius 2 is 1.75 bits per heavy atom. The lowest BCUT2D eigenvalue weighted by molar-refractivity contribution is 0.102. The summed E-state index contributed by atoms with van der Waals surface area (Å²) in [6.45, 7) is 0. The highest BCUT2D eigenvalue weighted by atomic mass is 32.2. The molecule has 1 N–H and O–H groups in total. The molecule has 0 radical (unpaired) electrons. The van der Waals surface area contributed by atoms with Crippen molar-refractivity contribution in [2.24, 2.45) is 0 Å². The van der Waals surface area contributed by atoms with Crippen LogP contribution in [0.2, 0.25) is 0 Å². The average molecular weight is 418 g/mol. The summed E-state index contributed by atoms with van der Waals surface area (Å²) in [7, 11) is 4.72. The molecule has 9 heteroatoms. The van der Waals surface area contributed by atoms with Crippen LogP contribution in [-0.2, 0) is 0 Å². The predicted octanol–water partition coefficient (Wildman–Crippen LogP) is 4.28. The SMILES string of the molecule is COc1ccc(Nc2nnc(SCC(=O)c3ccc(OC)c(OC)c3)s2)cc1. The Balaban J connectivity index is 1.58. The third-order valence-corrected chi connectivity index (χ3v) is 5.75. The molecule has 2 aromatic carbocycles. The molecule has 0 unspecified atom stereocenters. The zero-order chi connectivity index (χ0) is 19.9. The van der Waals surface area contributed by atoms with Gasteiger partial charge in [0.05, 0.1) is 27.1 Å². The summed E-state index contributed by atoms with van der Waals surface area (Å²) in [6.07, 6.45) is 0. The maximum absolute atomic E-state index is 12.5. The predicted molar refractivity (Wildman–Crippen MR) is 111 cm³/mol.